The lowest BCUT2D eigenvalue weighted by Gasteiger charge is -2.35. The molecule has 0 radical (unpaired) electrons. The molecule has 1 saturated carbocycles. The molecule has 0 aromatic heterocycles. The van der Waals surface area contributed by atoms with Gasteiger partial charge in [0.15, 0.2) is 6.29 Å². The molecule has 1 aromatic carbocycles. The van der Waals surface area contributed by atoms with Gasteiger partial charge in [-0.05, 0) is 43.4 Å². The van der Waals surface area contributed by atoms with Crippen LogP contribution in [0.15, 0.2) is 24.3 Å². The topological polar surface area (TPSA) is 105 Å². The Balaban J connectivity index is 2.07. The second kappa shape index (κ2) is 6.12. The van der Waals surface area contributed by atoms with Gasteiger partial charge in [0.1, 0.15) is 0 Å². The van der Waals surface area contributed by atoms with Crippen molar-refractivity contribution in [3.05, 3.63) is 29.8 Å². The summed E-state index contributed by atoms with van der Waals surface area (Å²) in [5.74, 6) is 0.0821. The molecule has 0 bridgehead atoms. The zero-order chi connectivity index (χ0) is 15.5. The highest BCUT2D eigenvalue weighted by molar-refractivity contribution is 5.90. The second-order valence-corrected chi connectivity index (χ2v) is 5.31. The van der Waals surface area contributed by atoms with Crippen LogP contribution >= 0.6 is 0 Å². The molecule has 1 aromatic rings. The van der Waals surface area contributed by atoms with Gasteiger partial charge in [0, 0.05) is 5.69 Å². The maximum absolute atomic E-state index is 12.1. The van der Waals surface area contributed by atoms with Crippen LogP contribution in [0.5, 0.6) is 0 Å². The Kier molecular flexibility index (Phi) is 4.46. The number of nitrogens with one attached hydrogen (secondary N) is 2. The minimum atomic E-state index is -1.61. The number of carbonyl (C=O) groups is 1. The molecule has 1 atom stereocenters. The van der Waals surface area contributed by atoms with E-state index in [4.69, 9.17) is 5.26 Å². The molecule has 2 amide bonds. The van der Waals surface area contributed by atoms with E-state index in [9.17, 15) is 15.0 Å². The fourth-order valence-corrected chi connectivity index (χ4v) is 2.58. The summed E-state index contributed by atoms with van der Waals surface area (Å²) in [5, 5.41) is 33.4. The molecule has 4 N–H and O–H groups in total. The minimum absolute atomic E-state index is 0.0821. The summed E-state index contributed by atoms with van der Waals surface area (Å²) >= 11 is 0. The number of nitrogens with zero attached hydrogens (tertiary/aromatic N) is 1. The van der Waals surface area contributed by atoms with Gasteiger partial charge in [-0.25, -0.2) is 4.79 Å². The van der Waals surface area contributed by atoms with E-state index >= 15 is 0 Å². The molecule has 1 aliphatic carbocycles. The number of aliphatic hydroxyl groups excluding tert-OH is 1. The maximum atomic E-state index is 12.1. The third-order valence-electron chi connectivity index (χ3n) is 3.95. The number of benzene rings is 1. The van der Waals surface area contributed by atoms with Crippen LogP contribution < -0.4 is 10.6 Å². The number of hydrogen-bond acceptors (Lipinski definition) is 4. The number of hydrogen-bond donors (Lipinski definition) is 4. The number of rotatable bonds is 5. The Bertz CT molecular complexity index is 560. The molecule has 0 saturated heterocycles. The lowest BCUT2D eigenvalue weighted by Crippen LogP contribution is -2.59. The lowest BCUT2D eigenvalue weighted by atomic mass is 9.89. The van der Waals surface area contributed by atoms with Gasteiger partial charge in [0.2, 0.25) is 0 Å². The smallest absolute Gasteiger partial charge is 0.319 e. The highest BCUT2D eigenvalue weighted by atomic mass is 16.5. The van der Waals surface area contributed by atoms with E-state index in [-0.39, 0.29) is 5.92 Å². The highest BCUT2D eigenvalue weighted by Crippen LogP contribution is 2.43. The summed E-state index contributed by atoms with van der Waals surface area (Å²) in [6, 6.07) is 8.02. The zero-order valence-corrected chi connectivity index (χ0v) is 11.8. The van der Waals surface area contributed by atoms with Crippen molar-refractivity contribution in [3.8, 4) is 6.07 Å². The number of amides is 2. The molecule has 112 valence electrons. The van der Waals surface area contributed by atoms with E-state index in [0.29, 0.717) is 17.7 Å². The Morgan fingerprint density at radius 1 is 1.52 bits per heavy atom. The molecule has 2 rings (SSSR count). The van der Waals surface area contributed by atoms with Gasteiger partial charge in [-0.2, -0.15) is 5.26 Å². The van der Waals surface area contributed by atoms with Gasteiger partial charge in [0.05, 0.1) is 17.2 Å². The normalized spacial score (nSPS) is 16.9. The minimum Gasteiger partial charge on any atom is -0.366 e. The molecule has 0 unspecified atom stereocenters. The first-order valence-corrected chi connectivity index (χ1v) is 6.97. The van der Waals surface area contributed by atoms with Crippen molar-refractivity contribution in [3.63, 3.8) is 0 Å². The fraction of sp³-hybridized carbons (Fsp3) is 0.467. The molecule has 21 heavy (non-hydrogen) atoms. The Morgan fingerprint density at radius 3 is 2.76 bits per heavy atom. The first-order valence-electron chi connectivity index (χ1n) is 6.97. The third kappa shape index (κ3) is 3.32. The van der Waals surface area contributed by atoms with Crippen molar-refractivity contribution >= 4 is 11.7 Å². The number of nitriles is 1. The molecule has 0 spiro atoms. The fourth-order valence-electron chi connectivity index (χ4n) is 2.58. The van der Waals surface area contributed by atoms with Crippen molar-refractivity contribution in [2.45, 2.75) is 38.0 Å². The first kappa shape index (κ1) is 15.3. The highest BCUT2D eigenvalue weighted by Gasteiger charge is 2.49. The average molecular weight is 289 g/mol. The van der Waals surface area contributed by atoms with E-state index in [1.807, 2.05) is 13.0 Å². The molecule has 0 aliphatic heterocycles. The van der Waals surface area contributed by atoms with E-state index in [1.165, 1.54) is 0 Å². The average Bonchev–Trinajstić information content (AvgIpc) is 3.29. The van der Waals surface area contributed by atoms with E-state index < -0.39 is 17.9 Å². The van der Waals surface area contributed by atoms with Gasteiger partial charge >= 0.3 is 6.03 Å². The predicted octanol–water partition coefficient (Wildman–Crippen LogP) is 1.55. The number of urea groups is 1. The summed E-state index contributed by atoms with van der Waals surface area (Å²) in [7, 11) is 0. The van der Waals surface area contributed by atoms with Crippen LogP contribution in [0.2, 0.25) is 0 Å². The summed E-state index contributed by atoms with van der Waals surface area (Å²) < 4.78 is 0. The molecular formula is C15H19N3O3. The summed E-state index contributed by atoms with van der Waals surface area (Å²) in [6.45, 7) is 1.81. The van der Waals surface area contributed by atoms with E-state index in [0.717, 1.165) is 12.8 Å². The van der Waals surface area contributed by atoms with Gasteiger partial charge in [-0.3, -0.25) is 0 Å². The molecule has 6 nitrogen and oxygen atoms in total. The number of aliphatic hydroxyl groups is 2. The quantitative estimate of drug-likeness (QED) is 0.617. The van der Waals surface area contributed by atoms with Crippen molar-refractivity contribution in [2.24, 2.45) is 5.92 Å². The zero-order valence-electron chi connectivity index (χ0n) is 11.8. The SMILES string of the molecule is CC[C@](NC(=O)Nc1cccc(C#N)c1)(C(O)O)C1CC1. The summed E-state index contributed by atoms with van der Waals surface area (Å²) in [5.41, 5.74) is -0.0876. The third-order valence-corrected chi connectivity index (χ3v) is 3.95. The van der Waals surface area contributed by atoms with Gasteiger partial charge in [-0.15, -0.1) is 0 Å². The molecule has 6 heteroatoms. The monoisotopic (exact) mass is 289 g/mol. The van der Waals surface area contributed by atoms with E-state index in [1.54, 1.807) is 24.3 Å². The van der Waals surface area contributed by atoms with Crippen molar-refractivity contribution in [1.29, 1.82) is 5.26 Å². The van der Waals surface area contributed by atoms with E-state index in [2.05, 4.69) is 10.6 Å². The standard InChI is InChI=1S/C15H19N3O3/c1-2-15(13(19)20,11-6-7-11)18-14(21)17-12-5-3-4-10(8-12)9-16/h3-5,8,11,13,19-20H,2,6-7H2,1H3,(H2,17,18,21)/t15-/m1/s1. The van der Waals surface area contributed by atoms with Crippen LogP contribution in [0.25, 0.3) is 0 Å². The van der Waals surface area contributed by atoms with Crippen LogP contribution in [-0.4, -0.2) is 28.1 Å². The van der Waals surface area contributed by atoms with Crippen molar-refractivity contribution in [1.82, 2.24) is 5.32 Å². The molecule has 1 aliphatic rings. The van der Waals surface area contributed by atoms with Crippen molar-refractivity contribution < 1.29 is 15.0 Å². The summed E-state index contributed by atoms with van der Waals surface area (Å²) in [4.78, 5) is 12.1. The lowest BCUT2D eigenvalue weighted by molar-refractivity contribution is -0.113. The maximum Gasteiger partial charge on any atom is 0.319 e. The molecule has 0 heterocycles. The number of carbonyl (C=O) groups excluding carboxylic acids is 1. The molecule has 1 fully saturated rings. The predicted molar refractivity (Wildman–Crippen MR) is 77.3 cm³/mol. The first-order chi connectivity index (χ1) is 10.0. The Morgan fingerprint density at radius 2 is 2.24 bits per heavy atom. The van der Waals surface area contributed by atoms with Gasteiger partial charge in [0.25, 0.3) is 0 Å². The Hall–Kier alpha value is -2.10. The van der Waals surface area contributed by atoms with Crippen LogP contribution in [0.1, 0.15) is 31.7 Å². The summed E-state index contributed by atoms with van der Waals surface area (Å²) in [6.07, 6.45) is 0.568. The van der Waals surface area contributed by atoms with Crippen LogP contribution in [-0.2, 0) is 0 Å². The Labute approximate surface area is 123 Å². The van der Waals surface area contributed by atoms with Crippen molar-refractivity contribution in [2.75, 3.05) is 5.32 Å². The van der Waals surface area contributed by atoms with Crippen LogP contribution in [0.3, 0.4) is 0 Å². The number of anilines is 1. The molecular weight excluding hydrogens is 270 g/mol. The van der Waals surface area contributed by atoms with Gasteiger partial charge < -0.3 is 20.8 Å². The van der Waals surface area contributed by atoms with Crippen LogP contribution in [0, 0.1) is 17.2 Å². The van der Waals surface area contributed by atoms with Gasteiger partial charge in [-0.1, -0.05) is 13.0 Å². The second-order valence-electron chi connectivity index (χ2n) is 5.31. The van der Waals surface area contributed by atoms with Crippen LogP contribution in [0.4, 0.5) is 10.5 Å². The largest absolute Gasteiger partial charge is 0.366 e.